The molecule has 0 unspecified atom stereocenters. The molecule has 0 radical (unpaired) electrons. The molecule has 2 amide bonds. The number of urea groups is 1. The molecule has 2 heterocycles. The van der Waals surface area contributed by atoms with Crippen molar-refractivity contribution < 1.29 is 23.5 Å². The quantitative estimate of drug-likeness (QED) is 0.782. The number of aromatic nitrogens is 2. The molecule has 1 N–H and O–H groups in total. The highest BCUT2D eigenvalue weighted by atomic mass is 16.5. The van der Waals surface area contributed by atoms with Crippen molar-refractivity contribution in [2.24, 2.45) is 0 Å². The molecule has 1 aliphatic heterocycles. The summed E-state index contributed by atoms with van der Waals surface area (Å²) >= 11 is 0. The summed E-state index contributed by atoms with van der Waals surface area (Å²) in [6.07, 6.45) is 1.30. The number of nitrogens with zero attached hydrogens (tertiary/aromatic N) is 3. The monoisotopic (exact) mass is 376 g/mol. The molecule has 146 valence electrons. The van der Waals surface area contributed by atoms with Crippen LogP contribution in [0.4, 0.5) is 4.79 Å². The van der Waals surface area contributed by atoms with Gasteiger partial charge in [-0.05, 0) is 29.7 Å². The van der Waals surface area contributed by atoms with E-state index < -0.39 is 0 Å². The largest absolute Gasteiger partial charge is 0.493 e. The lowest BCUT2D eigenvalue weighted by Gasteiger charge is -2.29. The summed E-state index contributed by atoms with van der Waals surface area (Å²) in [5, 5.41) is 6.69. The van der Waals surface area contributed by atoms with Gasteiger partial charge in [0.15, 0.2) is 17.3 Å². The Bertz CT molecular complexity index is 792. The van der Waals surface area contributed by atoms with E-state index in [1.807, 2.05) is 12.1 Å². The number of hydrogen-bond acceptors (Lipinski definition) is 7. The van der Waals surface area contributed by atoms with Gasteiger partial charge in [-0.15, -0.1) is 0 Å². The summed E-state index contributed by atoms with van der Waals surface area (Å²) in [5.74, 6) is 2.30. The first-order valence-corrected chi connectivity index (χ1v) is 8.71. The zero-order valence-electron chi connectivity index (χ0n) is 15.8. The van der Waals surface area contributed by atoms with Crippen LogP contribution >= 0.6 is 0 Å². The molecule has 0 aliphatic carbocycles. The third kappa shape index (κ3) is 4.48. The van der Waals surface area contributed by atoms with Gasteiger partial charge < -0.3 is 29.0 Å². The minimum absolute atomic E-state index is 0.168. The van der Waals surface area contributed by atoms with Gasteiger partial charge in [-0.1, -0.05) is 5.16 Å². The predicted octanol–water partition coefficient (Wildman–Crippen LogP) is 1.54. The maximum atomic E-state index is 12.5. The molecule has 0 saturated heterocycles. The molecule has 0 fully saturated rings. The van der Waals surface area contributed by atoms with Crippen LogP contribution in [-0.2, 0) is 30.7 Å². The van der Waals surface area contributed by atoms with Gasteiger partial charge in [-0.25, -0.2) is 4.79 Å². The fraction of sp³-hybridized carbons (Fsp3) is 0.500. The van der Waals surface area contributed by atoms with Crippen LogP contribution in [0.15, 0.2) is 16.7 Å². The molecule has 0 saturated carbocycles. The third-order valence-electron chi connectivity index (χ3n) is 4.43. The second-order valence-corrected chi connectivity index (χ2v) is 6.15. The Morgan fingerprint density at radius 1 is 1.22 bits per heavy atom. The number of nitrogens with one attached hydrogen (secondary N) is 1. The van der Waals surface area contributed by atoms with Crippen LogP contribution in [0.5, 0.6) is 11.5 Å². The van der Waals surface area contributed by atoms with Crippen LogP contribution in [0.2, 0.25) is 0 Å². The van der Waals surface area contributed by atoms with Crippen LogP contribution < -0.4 is 14.8 Å². The molecule has 1 aromatic carbocycles. The maximum Gasteiger partial charge on any atom is 0.318 e. The molecular weight excluding hydrogens is 352 g/mol. The molecule has 3 rings (SSSR count). The minimum atomic E-state index is -0.168. The first-order valence-electron chi connectivity index (χ1n) is 8.71. The minimum Gasteiger partial charge on any atom is -0.493 e. The molecule has 0 bridgehead atoms. The zero-order chi connectivity index (χ0) is 19.2. The van der Waals surface area contributed by atoms with Crippen LogP contribution in [0.1, 0.15) is 22.8 Å². The first kappa shape index (κ1) is 19.0. The Hall–Kier alpha value is -2.81. The topological polar surface area (TPSA) is 99.0 Å². The van der Waals surface area contributed by atoms with Crippen molar-refractivity contribution in [2.75, 3.05) is 34.5 Å². The van der Waals surface area contributed by atoms with Crippen molar-refractivity contribution in [3.8, 4) is 11.5 Å². The van der Waals surface area contributed by atoms with Gasteiger partial charge in [-0.3, -0.25) is 0 Å². The fourth-order valence-corrected chi connectivity index (χ4v) is 2.98. The lowest BCUT2D eigenvalue weighted by molar-refractivity contribution is 0.191. The van der Waals surface area contributed by atoms with E-state index in [1.54, 1.807) is 26.2 Å². The number of ether oxygens (including phenoxy) is 3. The van der Waals surface area contributed by atoms with E-state index in [0.29, 0.717) is 49.3 Å². The van der Waals surface area contributed by atoms with E-state index in [-0.39, 0.29) is 12.6 Å². The number of methoxy groups -OCH3 is 3. The van der Waals surface area contributed by atoms with Crippen LogP contribution in [0.25, 0.3) is 0 Å². The zero-order valence-corrected chi connectivity index (χ0v) is 15.8. The first-order chi connectivity index (χ1) is 13.1. The van der Waals surface area contributed by atoms with E-state index in [9.17, 15) is 4.79 Å². The molecular formula is C18H24N4O5. The van der Waals surface area contributed by atoms with Crippen molar-refractivity contribution in [1.29, 1.82) is 0 Å². The summed E-state index contributed by atoms with van der Waals surface area (Å²) in [7, 11) is 4.83. The van der Waals surface area contributed by atoms with Crippen molar-refractivity contribution in [3.05, 3.63) is 35.0 Å². The number of fused-ring (bicyclic) bond motifs is 1. The van der Waals surface area contributed by atoms with Crippen molar-refractivity contribution in [1.82, 2.24) is 20.4 Å². The molecule has 9 nitrogen and oxygen atoms in total. The third-order valence-corrected chi connectivity index (χ3v) is 4.43. The molecule has 1 aliphatic rings. The summed E-state index contributed by atoms with van der Waals surface area (Å²) < 4.78 is 20.8. The SMILES string of the molecule is COCCc1nc(CNC(=O)N2CCc3cc(OC)c(OC)cc3C2)no1. The summed E-state index contributed by atoms with van der Waals surface area (Å²) in [6.45, 7) is 1.85. The Balaban J connectivity index is 1.58. The average molecular weight is 376 g/mol. The van der Waals surface area contributed by atoms with Crippen molar-refractivity contribution in [2.45, 2.75) is 25.9 Å². The number of carbonyl (C=O) groups excluding carboxylic acids is 1. The van der Waals surface area contributed by atoms with Crippen LogP contribution in [0, 0.1) is 0 Å². The van der Waals surface area contributed by atoms with Crippen LogP contribution in [0.3, 0.4) is 0 Å². The van der Waals surface area contributed by atoms with Gasteiger partial charge in [0.25, 0.3) is 0 Å². The van der Waals surface area contributed by atoms with Gasteiger partial charge in [0.2, 0.25) is 5.89 Å². The number of benzene rings is 1. The average Bonchev–Trinajstić information content (AvgIpc) is 3.16. The molecule has 9 heteroatoms. The van der Waals surface area contributed by atoms with Gasteiger partial charge in [0.05, 0.1) is 33.8 Å². The maximum absolute atomic E-state index is 12.5. The highest BCUT2D eigenvalue weighted by molar-refractivity contribution is 5.74. The van der Waals surface area contributed by atoms with Crippen molar-refractivity contribution >= 4 is 6.03 Å². The van der Waals surface area contributed by atoms with Crippen LogP contribution in [-0.4, -0.2) is 55.6 Å². The van der Waals surface area contributed by atoms with E-state index in [2.05, 4.69) is 15.5 Å². The lowest BCUT2D eigenvalue weighted by Crippen LogP contribution is -2.42. The number of amides is 2. The molecule has 2 aromatic rings. The second kappa shape index (κ2) is 8.72. The molecule has 0 spiro atoms. The smallest absolute Gasteiger partial charge is 0.318 e. The summed E-state index contributed by atoms with van der Waals surface area (Å²) in [5.41, 5.74) is 2.22. The Morgan fingerprint density at radius 3 is 2.67 bits per heavy atom. The Labute approximate surface area is 157 Å². The molecule has 0 atom stereocenters. The van der Waals surface area contributed by atoms with E-state index in [0.717, 1.165) is 17.5 Å². The van der Waals surface area contributed by atoms with Gasteiger partial charge in [-0.2, -0.15) is 4.98 Å². The van der Waals surface area contributed by atoms with E-state index in [1.165, 1.54) is 0 Å². The highest BCUT2D eigenvalue weighted by Crippen LogP contribution is 2.33. The second-order valence-electron chi connectivity index (χ2n) is 6.15. The number of hydrogen-bond donors (Lipinski definition) is 1. The predicted molar refractivity (Wildman–Crippen MR) is 95.8 cm³/mol. The van der Waals surface area contributed by atoms with Gasteiger partial charge >= 0.3 is 6.03 Å². The summed E-state index contributed by atoms with van der Waals surface area (Å²) in [4.78, 5) is 18.5. The Morgan fingerprint density at radius 2 is 1.96 bits per heavy atom. The van der Waals surface area contributed by atoms with Gasteiger partial charge in [0, 0.05) is 20.2 Å². The fourth-order valence-electron chi connectivity index (χ4n) is 2.98. The van der Waals surface area contributed by atoms with E-state index >= 15 is 0 Å². The number of rotatable bonds is 7. The number of carbonyl (C=O) groups is 1. The lowest BCUT2D eigenvalue weighted by atomic mass is 9.99. The molecule has 1 aromatic heterocycles. The van der Waals surface area contributed by atoms with Crippen molar-refractivity contribution in [3.63, 3.8) is 0 Å². The standard InChI is InChI=1S/C18H24N4O5/c1-24-7-5-17-20-16(21-27-17)10-19-18(23)22-6-4-12-8-14(25-2)15(26-3)9-13(12)11-22/h8-9H,4-7,10-11H2,1-3H3,(H,19,23). The van der Waals surface area contributed by atoms with Gasteiger partial charge in [0.1, 0.15) is 0 Å². The highest BCUT2D eigenvalue weighted by Gasteiger charge is 2.23. The summed E-state index contributed by atoms with van der Waals surface area (Å²) in [6, 6.07) is 3.73. The molecule has 27 heavy (non-hydrogen) atoms. The Kier molecular flexibility index (Phi) is 6.12. The van der Waals surface area contributed by atoms with E-state index in [4.69, 9.17) is 18.7 Å². The normalized spacial score (nSPS) is 13.2.